The van der Waals surface area contributed by atoms with Crippen molar-refractivity contribution in [3.8, 4) is 6.07 Å². The van der Waals surface area contributed by atoms with E-state index in [2.05, 4.69) is 25.6 Å². The van der Waals surface area contributed by atoms with Crippen molar-refractivity contribution in [3.05, 3.63) is 41.6 Å². The average Bonchev–Trinajstić information content (AvgIpc) is 2.48. The van der Waals surface area contributed by atoms with E-state index in [1.165, 1.54) is 0 Å². The molecular formula is C13H12N6. The van der Waals surface area contributed by atoms with E-state index in [0.717, 1.165) is 29.9 Å². The molecule has 0 aromatic carbocycles. The molecular weight excluding hydrogens is 240 g/mol. The molecule has 1 aliphatic rings. The van der Waals surface area contributed by atoms with Gasteiger partial charge in [0.05, 0.1) is 17.6 Å². The zero-order valence-corrected chi connectivity index (χ0v) is 10.2. The molecule has 1 aliphatic heterocycles. The topological polar surface area (TPSA) is 86.5 Å². The van der Waals surface area contributed by atoms with Crippen LogP contribution >= 0.6 is 0 Å². The Kier molecular flexibility index (Phi) is 3.04. The van der Waals surface area contributed by atoms with Crippen LogP contribution in [0.15, 0.2) is 24.5 Å². The molecule has 2 aromatic rings. The maximum absolute atomic E-state index is 9.00. The summed E-state index contributed by atoms with van der Waals surface area (Å²) in [4.78, 5) is 12.6. The Hall–Kier alpha value is -2.52. The first-order chi connectivity index (χ1) is 9.36. The molecule has 3 rings (SSSR count). The summed E-state index contributed by atoms with van der Waals surface area (Å²) in [5, 5.41) is 15.5. The summed E-state index contributed by atoms with van der Waals surface area (Å²) in [6.45, 7) is 1.59. The normalized spacial score (nSPS) is 13.4. The Bertz CT molecular complexity index is 632. The van der Waals surface area contributed by atoms with Crippen molar-refractivity contribution in [3.63, 3.8) is 0 Å². The number of nitrogens with zero attached hydrogens (tertiary/aromatic N) is 4. The highest BCUT2D eigenvalue weighted by Crippen LogP contribution is 2.23. The number of aromatic nitrogens is 3. The molecule has 19 heavy (non-hydrogen) atoms. The van der Waals surface area contributed by atoms with Gasteiger partial charge in [0.25, 0.3) is 0 Å². The minimum Gasteiger partial charge on any atom is -0.339 e. The minimum atomic E-state index is 0.201. The SMILES string of the molecule is N#Cc1nc2c(c(Nc3cccnc3)n1)CNCC2. The molecule has 0 saturated carbocycles. The number of hydrogen-bond acceptors (Lipinski definition) is 6. The van der Waals surface area contributed by atoms with Crippen LogP contribution in [0.4, 0.5) is 11.5 Å². The fourth-order valence-corrected chi connectivity index (χ4v) is 2.07. The first kappa shape index (κ1) is 11.6. The molecule has 2 aromatic heterocycles. The van der Waals surface area contributed by atoms with Gasteiger partial charge in [-0.15, -0.1) is 0 Å². The second-order valence-electron chi connectivity index (χ2n) is 4.23. The average molecular weight is 252 g/mol. The minimum absolute atomic E-state index is 0.201. The fraction of sp³-hybridized carbons (Fsp3) is 0.231. The second-order valence-corrected chi connectivity index (χ2v) is 4.23. The summed E-state index contributed by atoms with van der Waals surface area (Å²) in [5.41, 5.74) is 2.81. The number of nitriles is 1. The summed E-state index contributed by atoms with van der Waals surface area (Å²) in [7, 11) is 0. The summed E-state index contributed by atoms with van der Waals surface area (Å²) in [5.74, 6) is 0.883. The largest absolute Gasteiger partial charge is 0.339 e. The number of pyridine rings is 1. The standard InChI is InChI=1S/C13H12N6/c14-6-12-18-11-3-5-16-8-10(11)13(19-12)17-9-2-1-4-15-7-9/h1-2,4,7,16H,3,5,8H2,(H,17,18,19). The predicted molar refractivity (Wildman–Crippen MR) is 69.7 cm³/mol. The van der Waals surface area contributed by atoms with Gasteiger partial charge in [0.1, 0.15) is 11.9 Å². The van der Waals surface area contributed by atoms with Crippen LogP contribution in [-0.2, 0) is 13.0 Å². The Balaban J connectivity index is 2.02. The smallest absolute Gasteiger partial charge is 0.234 e. The van der Waals surface area contributed by atoms with Gasteiger partial charge in [0.15, 0.2) is 0 Å². The predicted octanol–water partition coefficient (Wildman–Crippen LogP) is 1.13. The molecule has 0 radical (unpaired) electrons. The van der Waals surface area contributed by atoms with Crippen molar-refractivity contribution < 1.29 is 0 Å². The third kappa shape index (κ3) is 2.37. The van der Waals surface area contributed by atoms with Crippen LogP contribution < -0.4 is 10.6 Å². The molecule has 6 nitrogen and oxygen atoms in total. The third-order valence-electron chi connectivity index (χ3n) is 2.96. The van der Waals surface area contributed by atoms with Gasteiger partial charge in [-0.2, -0.15) is 5.26 Å². The quantitative estimate of drug-likeness (QED) is 0.833. The van der Waals surface area contributed by atoms with E-state index in [9.17, 15) is 0 Å². The highest BCUT2D eigenvalue weighted by atomic mass is 15.1. The molecule has 6 heteroatoms. The second kappa shape index (κ2) is 5.00. The lowest BCUT2D eigenvalue weighted by molar-refractivity contribution is 0.626. The molecule has 0 spiro atoms. The highest BCUT2D eigenvalue weighted by molar-refractivity contribution is 5.60. The highest BCUT2D eigenvalue weighted by Gasteiger charge is 2.17. The molecule has 0 amide bonds. The van der Waals surface area contributed by atoms with Crippen LogP contribution in [0.3, 0.4) is 0 Å². The van der Waals surface area contributed by atoms with E-state index < -0.39 is 0 Å². The summed E-state index contributed by atoms with van der Waals surface area (Å²) >= 11 is 0. The zero-order valence-electron chi connectivity index (χ0n) is 10.2. The van der Waals surface area contributed by atoms with Gasteiger partial charge in [-0.3, -0.25) is 4.98 Å². The van der Waals surface area contributed by atoms with Gasteiger partial charge >= 0.3 is 0 Å². The van der Waals surface area contributed by atoms with Crippen LogP contribution in [0.25, 0.3) is 0 Å². The van der Waals surface area contributed by atoms with Gasteiger partial charge < -0.3 is 10.6 Å². The molecule has 0 saturated heterocycles. The number of nitrogens with one attached hydrogen (secondary N) is 2. The van der Waals surface area contributed by atoms with E-state index in [4.69, 9.17) is 5.26 Å². The lowest BCUT2D eigenvalue weighted by Gasteiger charge is -2.19. The van der Waals surface area contributed by atoms with Crippen molar-refractivity contribution >= 4 is 11.5 Å². The van der Waals surface area contributed by atoms with Crippen molar-refractivity contribution in [2.75, 3.05) is 11.9 Å². The van der Waals surface area contributed by atoms with Gasteiger partial charge in [-0.05, 0) is 12.1 Å². The van der Waals surface area contributed by atoms with Crippen LogP contribution in [0.1, 0.15) is 17.1 Å². The van der Waals surface area contributed by atoms with E-state index >= 15 is 0 Å². The summed E-state index contributed by atoms with van der Waals surface area (Å²) < 4.78 is 0. The first-order valence-electron chi connectivity index (χ1n) is 6.04. The van der Waals surface area contributed by atoms with Crippen LogP contribution in [0.5, 0.6) is 0 Å². The Labute approximate surface area is 110 Å². The first-order valence-corrected chi connectivity index (χ1v) is 6.04. The van der Waals surface area contributed by atoms with Gasteiger partial charge in [-0.1, -0.05) is 0 Å². The van der Waals surface area contributed by atoms with Crippen molar-refractivity contribution in [1.29, 1.82) is 5.26 Å². The van der Waals surface area contributed by atoms with E-state index in [0.29, 0.717) is 12.4 Å². The van der Waals surface area contributed by atoms with Crippen molar-refractivity contribution in [2.24, 2.45) is 0 Å². The Morgan fingerprint density at radius 1 is 1.37 bits per heavy atom. The maximum Gasteiger partial charge on any atom is 0.234 e. The van der Waals surface area contributed by atoms with Crippen molar-refractivity contribution in [1.82, 2.24) is 20.3 Å². The summed E-state index contributed by atoms with van der Waals surface area (Å²) in [6, 6.07) is 5.76. The van der Waals surface area contributed by atoms with E-state index in [1.54, 1.807) is 12.4 Å². The molecule has 0 aliphatic carbocycles. The van der Waals surface area contributed by atoms with Gasteiger partial charge in [-0.25, -0.2) is 9.97 Å². The molecule has 0 atom stereocenters. The molecule has 94 valence electrons. The fourth-order valence-electron chi connectivity index (χ4n) is 2.07. The molecule has 0 fully saturated rings. The van der Waals surface area contributed by atoms with Gasteiger partial charge in [0, 0.05) is 31.3 Å². The summed E-state index contributed by atoms with van der Waals surface area (Å²) in [6.07, 6.45) is 4.24. The maximum atomic E-state index is 9.00. The van der Waals surface area contributed by atoms with Crippen LogP contribution in [0, 0.1) is 11.3 Å². The van der Waals surface area contributed by atoms with Crippen molar-refractivity contribution in [2.45, 2.75) is 13.0 Å². The Morgan fingerprint density at radius 2 is 2.32 bits per heavy atom. The lowest BCUT2D eigenvalue weighted by atomic mass is 10.1. The monoisotopic (exact) mass is 252 g/mol. The van der Waals surface area contributed by atoms with Crippen LogP contribution in [-0.4, -0.2) is 21.5 Å². The number of rotatable bonds is 2. The Morgan fingerprint density at radius 3 is 3.11 bits per heavy atom. The molecule has 2 N–H and O–H groups in total. The zero-order chi connectivity index (χ0) is 13.1. The third-order valence-corrected chi connectivity index (χ3v) is 2.96. The number of fused-ring (bicyclic) bond motifs is 1. The molecule has 0 bridgehead atoms. The van der Waals surface area contributed by atoms with E-state index in [-0.39, 0.29) is 5.82 Å². The van der Waals surface area contributed by atoms with Gasteiger partial charge in [0.2, 0.25) is 5.82 Å². The molecule has 3 heterocycles. The number of hydrogen-bond donors (Lipinski definition) is 2. The number of anilines is 2. The molecule has 0 unspecified atom stereocenters. The lowest BCUT2D eigenvalue weighted by Crippen LogP contribution is -2.26. The van der Waals surface area contributed by atoms with Crippen LogP contribution in [0.2, 0.25) is 0 Å². The van der Waals surface area contributed by atoms with E-state index in [1.807, 2.05) is 18.2 Å².